The predicted molar refractivity (Wildman–Crippen MR) is 109 cm³/mol. The second-order valence-corrected chi connectivity index (χ2v) is 9.02. The van der Waals surface area contributed by atoms with E-state index in [4.69, 9.17) is 9.72 Å². The van der Waals surface area contributed by atoms with E-state index in [0.717, 1.165) is 43.3 Å². The van der Waals surface area contributed by atoms with Crippen LogP contribution in [0.15, 0.2) is 6.20 Å². The summed E-state index contributed by atoms with van der Waals surface area (Å²) in [4.78, 5) is 27.7. The molecule has 28 heavy (non-hydrogen) atoms. The molecule has 1 aromatic heterocycles. The van der Waals surface area contributed by atoms with E-state index in [1.807, 2.05) is 51.1 Å². The molecule has 0 unspecified atom stereocenters. The van der Waals surface area contributed by atoms with Crippen LogP contribution in [0.1, 0.15) is 18.4 Å². The first-order valence-electron chi connectivity index (χ1n) is 10.1. The van der Waals surface area contributed by atoms with Gasteiger partial charge in [0.1, 0.15) is 5.82 Å². The fourth-order valence-electron chi connectivity index (χ4n) is 5.22. The van der Waals surface area contributed by atoms with E-state index in [9.17, 15) is 4.79 Å². The van der Waals surface area contributed by atoms with Gasteiger partial charge in [-0.2, -0.15) is 4.98 Å². The third-order valence-corrected chi connectivity index (χ3v) is 6.42. The molecule has 8 nitrogen and oxygen atoms in total. The van der Waals surface area contributed by atoms with Crippen LogP contribution in [0, 0.1) is 18.8 Å². The molecule has 3 aliphatic heterocycles. The van der Waals surface area contributed by atoms with Gasteiger partial charge in [0.25, 0.3) is 0 Å². The number of rotatable bonds is 6. The van der Waals surface area contributed by atoms with Gasteiger partial charge in [0.15, 0.2) is 0 Å². The van der Waals surface area contributed by atoms with Crippen LogP contribution < -0.4 is 15.1 Å². The number of nitrogens with zero attached hydrogens (tertiary/aromatic N) is 5. The lowest BCUT2D eigenvalue weighted by Gasteiger charge is -2.29. The number of amides is 1. The van der Waals surface area contributed by atoms with E-state index in [2.05, 4.69) is 15.2 Å². The number of hydrogen-bond donors (Lipinski definition) is 1. The summed E-state index contributed by atoms with van der Waals surface area (Å²) in [6, 6.07) is 0. The van der Waals surface area contributed by atoms with Crippen molar-refractivity contribution in [2.45, 2.75) is 31.5 Å². The van der Waals surface area contributed by atoms with Crippen molar-refractivity contribution in [3.63, 3.8) is 0 Å². The van der Waals surface area contributed by atoms with Gasteiger partial charge in [-0.15, -0.1) is 0 Å². The zero-order valence-corrected chi connectivity index (χ0v) is 17.6. The lowest BCUT2D eigenvalue weighted by atomic mass is 9.73. The number of aryl methyl sites for hydroxylation is 1. The van der Waals surface area contributed by atoms with Gasteiger partial charge in [0.05, 0.1) is 24.8 Å². The molecule has 0 aromatic carbocycles. The summed E-state index contributed by atoms with van der Waals surface area (Å²) in [5.74, 6) is 2.59. The van der Waals surface area contributed by atoms with Gasteiger partial charge in [0.2, 0.25) is 11.9 Å². The first-order chi connectivity index (χ1) is 13.3. The van der Waals surface area contributed by atoms with E-state index in [0.29, 0.717) is 24.9 Å². The molecule has 3 saturated heterocycles. The van der Waals surface area contributed by atoms with E-state index in [1.165, 1.54) is 0 Å². The molecule has 0 aliphatic carbocycles. The molecule has 0 saturated carbocycles. The molecule has 4 atom stereocenters. The number of likely N-dealkylation sites (N-methyl/N-ethyl adjacent to an activating group) is 1. The second kappa shape index (κ2) is 7.15. The van der Waals surface area contributed by atoms with Crippen molar-refractivity contribution in [3.05, 3.63) is 11.8 Å². The minimum absolute atomic E-state index is 0.0779. The van der Waals surface area contributed by atoms with Gasteiger partial charge in [-0.25, -0.2) is 4.98 Å². The molecule has 1 N–H and O–H groups in total. The summed E-state index contributed by atoms with van der Waals surface area (Å²) in [5.41, 5.74) is 0.971. The van der Waals surface area contributed by atoms with Crippen molar-refractivity contribution in [1.29, 1.82) is 0 Å². The summed E-state index contributed by atoms with van der Waals surface area (Å²) in [6.45, 7) is 4.88. The number of aromatic nitrogens is 2. The molecule has 2 bridgehead atoms. The molecule has 4 heterocycles. The lowest BCUT2D eigenvalue weighted by molar-refractivity contribution is -0.122. The van der Waals surface area contributed by atoms with Crippen molar-refractivity contribution in [2.24, 2.45) is 11.8 Å². The molecule has 1 aromatic rings. The second-order valence-electron chi connectivity index (χ2n) is 9.02. The van der Waals surface area contributed by atoms with Crippen LogP contribution in [0.3, 0.4) is 0 Å². The van der Waals surface area contributed by atoms with E-state index in [-0.39, 0.29) is 17.6 Å². The van der Waals surface area contributed by atoms with E-state index in [1.54, 1.807) is 0 Å². The Morgan fingerprint density at radius 2 is 2.18 bits per heavy atom. The number of fused-ring (bicyclic) bond motifs is 1. The van der Waals surface area contributed by atoms with Crippen LogP contribution in [-0.4, -0.2) is 86.8 Å². The van der Waals surface area contributed by atoms with Crippen LogP contribution in [-0.2, 0) is 9.53 Å². The van der Waals surface area contributed by atoms with Crippen LogP contribution in [0.2, 0.25) is 0 Å². The zero-order valence-electron chi connectivity index (χ0n) is 17.6. The average Bonchev–Trinajstić information content (AvgIpc) is 3.27. The van der Waals surface area contributed by atoms with Crippen molar-refractivity contribution in [3.8, 4) is 0 Å². The summed E-state index contributed by atoms with van der Waals surface area (Å²) in [6.07, 6.45) is 4.34. The quantitative estimate of drug-likeness (QED) is 0.761. The van der Waals surface area contributed by atoms with Crippen molar-refractivity contribution in [2.75, 3.05) is 64.2 Å². The normalized spacial score (nSPS) is 30.8. The van der Waals surface area contributed by atoms with Crippen LogP contribution >= 0.6 is 0 Å². The van der Waals surface area contributed by atoms with Gasteiger partial charge in [-0.05, 0) is 33.9 Å². The first kappa shape index (κ1) is 19.4. The van der Waals surface area contributed by atoms with Crippen LogP contribution in [0.5, 0.6) is 0 Å². The molecule has 1 amide bonds. The fraction of sp³-hybridized carbons (Fsp3) is 0.750. The molecule has 154 valence electrons. The van der Waals surface area contributed by atoms with Crippen molar-refractivity contribution < 1.29 is 9.53 Å². The third-order valence-electron chi connectivity index (χ3n) is 6.42. The Balaban J connectivity index is 1.48. The Morgan fingerprint density at radius 1 is 1.39 bits per heavy atom. The Labute approximate surface area is 167 Å². The molecular weight excluding hydrogens is 356 g/mol. The van der Waals surface area contributed by atoms with Crippen LogP contribution in [0.4, 0.5) is 11.8 Å². The number of carbonyl (C=O) groups excluding carboxylic acids is 1. The maximum absolute atomic E-state index is 12.1. The standard InChI is InChI=1S/C20H32N6O2/c1-13-8-22-19(23-18(13)25(4)5)26-10-15-14(9-21-17(27)11-24(2)3)16-6-7-20(15,12-26)28-16/h8,14-16H,6-7,9-12H2,1-5H3,(H,21,27)/t14-,15+,16+,20+/m0/s1. The minimum atomic E-state index is -0.103. The Morgan fingerprint density at radius 3 is 2.89 bits per heavy atom. The maximum atomic E-state index is 12.1. The average molecular weight is 389 g/mol. The summed E-state index contributed by atoms with van der Waals surface area (Å²) in [5, 5.41) is 3.12. The highest BCUT2D eigenvalue weighted by Crippen LogP contribution is 2.55. The molecule has 4 rings (SSSR count). The largest absolute Gasteiger partial charge is 0.369 e. The van der Waals surface area contributed by atoms with Gasteiger partial charge in [-0.3, -0.25) is 4.79 Å². The molecule has 3 fully saturated rings. The topological polar surface area (TPSA) is 73.8 Å². The molecule has 3 aliphatic rings. The summed E-state index contributed by atoms with van der Waals surface area (Å²) >= 11 is 0. The van der Waals surface area contributed by atoms with Gasteiger partial charge >= 0.3 is 0 Å². The number of nitrogens with one attached hydrogen (secondary N) is 1. The predicted octanol–water partition coefficient (Wildman–Crippen LogP) is 0.513. The third kappa shape index (κ3) is 3.33. The Hall–Kier alpha value is -1.93. The zero-order chi connectivity index (χ0) is 20.1. The number of ether oxygens (including phenoxy) is 1. The highest BCUT2D eigenvalue weighted by atomic mass is 16.5. The van der Waals surface area contributed by atoms with Gasteiger partial charge < -0.3 is 24.8 Å². The first-order valence-corrected chi connectivity index (χ1v) is 10.1. The smallest absolute Gasteiger partial charge is 0.234 e. The Kier molecular flexibility index (Phi) is 4.95. The summed E-state index contributed by atoms with van der Waals surface area (Å²) < 4.78 is 6.49. The maximum Gasteiger partial charge on any atom is 0.234 e. The van der Waals surface area contributed by atoms with Crippen molar-refractivity contribution in [1.82, 2.24) is 20.2 Å². The molecule has 8 heteroatoms. The highest BCUT2D eigenvalue weighted by Gasteiger charge is 2.63. The Bertz CT molecular complexity index is 754. The van der Waals surface area contributed by atoms with Crippen molar-refractivity contribution >= 4 is 17.7 Å². The highest BCUT2D eigenvalue weighted by molar-refractivity contribution is 5.77. The SMILES string of the molecule is Cc1cnc(N2C[C@@H]3[C@H](CNC(=O)CN(C)C)[C@H]4CC[C@]3(C2)O4)nc1N(C)C. The molecular formula is C20H32N6O2. The van der Waals surface area contributed by atoms with E-state index < -0.39 is 0 Å². The molecule has 0 radical (unpaired) electrons. The minimum Gasteiger partial charge on any atom is -0.369 e. The molecule has 1 spiro atoms. The monoisotopic (exact) mass is 388 g/mol. The lowest BCUT2D eigenvalue weighted by Crippen LogP contribution is -2.43. The number of anilines is 2. The summed E-state index contributed by atoms with van der Waals surface area (Å²) in [7, 11) is 7.84. The fourth-order valence-corrected chi connectivity index (χ4v) is 5.22. The van der Waals surface area contributed by atoms with Gasteiger partial charge in [0, 0.05) is 50.8 Å². The number of hydrogen-bond acceptors (Lipinski definition) is 7. The van der Waals surface area contributed by atoms with Gasteiger partial charge in [-0.1, -0.05) is 0 Å². The van der Waals surface area contributed by atoms with E-state index >= 15 is 0 Å². The number of carbonyl (C=O) groups is 1. The van der Waals surface area contributed by atoms with Crippen LogP contribution in [0.25, 0.3) is 0 Å².